The number of rotatable bonds is 2. The van der Waals surface area contributed by atoms with Gasteiger partial charge in [-0.05, 0) is 12.8 Å². The van der Waals surface area contributed by atoms with Crippen molar-refractivity contribution in [2.24, 2.45) is 5.92 Å². The van der Waals surface area contributed by atoms with E-state index in [0.717, 1.165) is 6.42 Å². The summed E-state index contributed by atoms with van der Waals surface area (Å²) in [6, 6.07) is 3.32. The molecule has 1 aliphatic rings. The fourth-order valence-electron chi connectivity index (χ4n) is 1.74. The number of hydrogen-bond donors (Lipinski definition) is 1. The molecule has 0 saturated heterocycles. The lowest BCUT2D eigenvalue weighted by atomic mass is 10.1. The molecule has 1 N–H and O–H groups in total. The van der Waals surface area contributed by atoms with E-state index in [4.69, 9.17) is 5.26 Å². The molecule has 0 aromatic carbocycles. The van der Waals surface area contributed by atoms with E-state index in [-0.39, 0.29) is 5.92 Å². The first-order valence-corrected chi connectivity index (χ1v) is 4.39. The van der Waals surface area contributed by atoms with Crippen molar-refractivity contribution in [1.29, 1.82) is 5.26 Å². The van der Waals surface area contributed by atoms with Crippen LogP contribution in [0, 0.1) is 17.2 Å². The third-order valence-corrected chi connectivity index (χ3v) is 2.23. The van der Waals surface area contributed by atoms with E-state index < -0.39 is 0 Å². The van der Waals surface area contributed by atoms with Crippen molar-refractivity contribution in [3.63, 3.8) is 0 Å². The van der Waals surface area contributed by atoms with E-state index in [0.29, 0.717) is 12.1 Å². The van der Waals surface area contributed by atoms with Crippen molar-refractivity contribution in [3.05, 3.63) is 0 Å². The maximum absolute atomic E-state index is 8.76. The van der Waals surface area contributed by atoms with E-state index in [9.17, 15) is 0 Å². The minimum atomic E-state index is 0.261. The quantitative estimate of drug-likeness (QED) is 0.653. The zero-order valence-corrected chi connectivity index (χ0v) is 7.30. The molecule has 1 saturated carbocycles. The first-order chi connectivity index (χ1) is 5.24. The summed E-state index contributed by atoms with van der Waals surface area (Å²) >= 11 is 0. The molecule has 0 unspecified atom stereocenters. The van der Waals surface area contributed by atoms with E-state index in [1.54, 1.807) is 0 Å². The number of nitriles is 1. The SMILES string of the molecule is CC(C)N[C@H]1CCC[C@H]1C#N. The molecule has 1 fully saturated rings. The molecule has 2 atom stereocenters. The summed E-state index contributed by atoms with van der Waals surface area (Å²) in [5.74, 6) is 0.261. The summed E-state index contributed by atoms with van der Waals surface area (Å²) in [7, 11) is 0. The van der Waals surface area contributed by atoms with Crippen molar-refractivity contribution >= 4 is 0 Å². The summed E-state index contributed by atoms with van der Waals surface area (Å²) in [4.78, 5) is 0. The third-order valence-electron chi connectivity index (χ3n) is 2.23. The molecule has 0 heterocycles. The number of nitrogens with zero attached hydrogens (tertiary/aromatic N) is 1. The minimum Gasteiger partial charge on any atom is -0.310 e. The lowest BCUT2D eigenvalue weighted by molar-refractivity contribution is 0.426. The third kappa shape index (κ3) is 2.20. The molecule has 11 heavy (non-hydrogen) atoms. The van der Waals surface area contributed by atoms with Crippen LogP contribution in [0.15, 0.2) is 0 Å². The van der Waals surface area contributed by atoms with Crippen LogP contribution in [0.5, 0.6) is 0 Å². The topological polar surface area (TPSA) is 35.8 Å². The summed E-state index contributed by atoms with van der Waals surface area (Å²) < 4.78 is 0. The Bertz CT molecular complexity index is 157. The molecule has 1 aliphatic carbocycles. The lowest BCUT2D eigenvalue weighted by Gasteiger charge is -2.18. The maximum atomic E-state index is 8.76. The predicted molar refractivity (Wildman–Crippen MR) is 45.0 cm³/mol. The zero-order chi connectivity index (χ0) is 8.27. The van der Waals surface area contributed by atoms with Gasteiger partial charge in [-0.15, -0.1) is 0 Å². The molecular weight excluding hydrogens is 136 g/mol. The molecule has 1 rings (SSSR count). The van der Waals surface area contributed by atoms with Gasteiger partial charge in [-0.3, -0.25) is 0 Å². The molecule has 0 aliphatic heterocycles. The second-order valence-electron chi connectivity index (χ2n) is 3.59. The van der Waals surface area contributed by atoms with Crippen molar-refractivity contribution in [2.45, 2.75) is 45.2 Å². The Morgan fingerprint density at radius 2 is 2.18 bits per heavy atom. The Labute approximate surface area is 68.6 Å². The monoisotopic (exact) mass is 152 g/mol. The van der Waals surface area contributed by atoms with Gasteiger partial charge in [0.2, 0.25) is 0 Å². The highest BCUT2D eigenvalue weighted by Gasteiger charge is 2.26. The Morgan fingerprint density at radius 1 is 1.45 bits per heavy atom. The molecule has 0 amide bonds. The lowest BCUT2D eigenvalue weighted by Crippen LogP contribution is -2.36. The highest BCUT2D eigenvalue weighted by Crippen LogP contribution is 2.24. The van der Waals surface area contributed by atoms with Crippen LogP contribution in [0.3, 0.4) is 0 Å². The number of hydrogen-bond acceptors (Lipinski definition) is 2. The molecule has 0 aromatic heterocycles. The highest BCUT2D eigenvalue weighted by molar-refractivity contribution is 4.96. The Morgan fingerprint density at radius 3 is 2.73 bits per heavy atom. The summed E-state index contributed by atoms with van der Waals surface area (Å²) in [5, 5.41) is 12.2. The van der Waals surface area contributed by atoms with E-state index in [1.165, 1.54) is 12.8 Å². The van der Waals surface area contributed by atoms with Crippen LogP contribution in [0.2, 0.25) is 0 Å². The molecule has 0 bridgehead atoms. The fourth-order valence-corrected chi connectivity index (χ4v) is 1.74. The summed E-state index contributed by atoms with van der Waals surface area (Å²) in [5.41, 5.74) is 0. The Balaban J connectivity index is 2.39. The van der Waals surface area contributed by atoms with Crippen molar-refractivity contribution in [2.75, 3.05) is 0 Å². The highest BCUT2D eigenvalue weighted by atomic mass is 14.9. The first kappa shape index (κ1) is 8.55. The van der Waals surface area contributed by atoms with E-state index in [1.807, 2.05) is 0 Å². The van der Waals surface area contributed by atoms with Crippen molar-refractivity contribution in [1.82, 2.24) is 5.32 Å². The van der Waals surface area contributed by atoms with Gasteiger partial charge in [0.25, 0.3) is 0 Å². The molecule has 0 spiro atoms. The minimum absolute atomic E-state index is 0.261. The molecule has 2 nitrogen and oxygen atoms in total. The molecular formula is C9H16N2. The van der Waals surface area contributed by atoms with Crippen LogP contribution < -0.4 is 5.32 Å². The molecule has 62 valence electrons. The largest absolute Gasteiger partial charge is 0.310 e. The maximum Gasteiger partial charge on any atom is 0.0672 e. The van der Waals surface area contributed by atoms with Crippen LogP contribution in [-0.4, -0.2) is 12.1 Å². The van der Waals surface area contributed by atoms with Gasteiger partial charge in [-0.1, -0.05) is 20.3 Å². The van der Waals surface area contributed by atoms with Gasteiger partial charge in [-0.2, -0.15) is 5.26 Å². The van der Waals surface area contributed by atoms with Gasteiger partial charge >= 0.3 is 0 Å². The average molecular weight is 152 g/mol. The second kappa shape index (κ2) is 3.73. The smallest absolute Gasteiger partial charge is 0.0672 e. The van der Waals surface area contributed by atoms with Gasteiger partial charge in [0.1, 0.15) is 0 Å². The predicted octanol–water partition coefficient (Wildman–Crippen LogP) is 1.68. The van der Waals surface area contributed by atoms with Gasteiger partial charge in [0.05, 0.1) is 12.0 Å². The standard InChI is InChI=1S/C9H16N2/c1-7(2)11-9-5-3-4-8(9)6-10/h7-9,11H,3-5H2,1-2H3/t8-,9-/m0/s1. The van der Waals surface area contributed by atoms with Crippen molar-refractivity contribution < 1.29 is 0 Å². The Hall–Kier alpha value is -0.550. The summed E-state index contributed by atoms with van der Waals surface area (Å²) in [6.07, 6.45) is 3.47. The molecule has 2 heteroatoms. The van der Waals surface area contributed by atoms with Gasteiger partial charge < -0.3 is 5.32 Å². The van der Waals surface area contributed by atoms with E-state index in [2.05, 4.69) is 25.2 Å². The van der Waals surface area contributed by atoms with Gasteiger partial charge in [-0.25, -0.2) is 0 Å². The zero-order valence-electron chi connectivity index (χ0n) is 7.30. The number of nitrogens with one attached hydrogen (secondary N) is 1. The summed E-state index contributed by atoms with van der Waals surface area (Å²) in [6.45, 7) is 4.26. The Kier molecular flexibility index (Phi) is 2.90. The first-order valence-electron chi connectivity index (χ1n) is 4.39. The van der Waals surface area contributed by atoms with Gasteiger partial charge in [0, 0.05) is 12.1 Å². The van der Waals surface area contributed by atoms with Crippen LogP contribution in [0.1, 0.15) is 33.1 Å². The van der Waals surface area contributed by atoms with Crippen LogP contribution in [0.4, 0.5) is 0 Å². The molecule has 0 aromatic rings. The van der Waals surface area contributed by atoms with Crippen LogP contribution in [0.25, 0.3) is 0 Å². The van der Waals surface area contributed by atoms with Crippen LogP contribution in [-0.2, 0) is 0 Å². The molecule has 0 radical (unpaired) electrons. The van der Waals surface area contributed by atoms with Crippen LogP contribution >= 0.6 is 0 Å². The normalized spacial score (nSPS) is 30.7. The average Bonchev–Trinajstić information content (AvgIpc) is 2.34. The van der Waals surface area contributed by atoms with Crippen molar-refractivity contribution in [3.8, 4) is 6.07 Å². The van der Waals surface area contributed by atoms with Gasteiger partial charge in [0.15, 0.2) is 0 Å². The fraction of sp³-hybridized carbons (Fsp3) is 0.889. The second-order valence-corrected chi connectivity index (χ2v) is 3.59. The van der Waals surface area contributed by atoms with E-state index >= 15 is 0 Å².